The molecule has 1 amide bonds. The molecule has 0 spiro atoms. The van der Waals surface area contributed by atoms with Gasteiger partial charge in [0.15, 0.2) is 0 Å². The Labute approximate surface area is 108 Å². The van der Waals surface area contributed by atoms with Gasteiger partial charge >= 0.3 is 0 Å². The standard InChI is InChI=1S/C13H21N3O2/c1-11-5-3-6-12(16-11)9-14-10-13(17)15-7-4-8-18-2/h3,5-6,14H,4,7-10H2,1-2H3,(H,15,17). The second-order valence-electron chi connectivity index (χ2n) is 4.07. The zero-order valence-corrected chi connectivity index (χ0v) is 11.0. The number of pyridine rings is 1. The van der Waals surface area contributed by atoms with Crippen LogP contribution in [0.4, 0.5) is 0 Å². The number of hydrogen-bond acceptors (Lipinski definition) is 4. The molecule has 0 saturated carbocycles. The number of rotatable bonds is 8. The molecule has 18 heavy (non-hydrogen) atoms. The normalized spacial score (nSPS) is 10.3. The van der Waals surface area contributed by atoms with E-state index in [1.165, 1.54) is 0 Å². The van der Waals surface area contributed by atoms with Crippen LogP contribution in [0.2, 0.25) is 0 Å². The summed E-state index contributed by atoms with van der Waals surface area (Å²) in [5.74, 6) is -0.00115. The molecule has 0 atom stereocenters. The molecule has 0 aliphatic rings. The van der Waals surface area contributed by atoms with Crippen molar-refractivity contribution in [2.75, 3.05) is 26.8 Å². The topological polar surface area (TPSA) is 63.2 Å². The largest absolute Gasteiger partial charge is 0.385 e. The number of aromatic nitrogens is 1. The number of methoxy groups -OCH3 is 1. The minimum atomic E-state index is -0.00115. The third kappa shape index (κ3) is 6.32. The molecule has 1 aromatic rings. The van der Waals surface area contributed by atoms with Gasteiger partial charge in [-0.3, -0.25) is 9.78 Å². The summed E-state index contributed by atoms with van der Waals surface area (Å²) in [6.07, 6.45) is 0.835. The van der Waals surface area contributed by atoms with E-state index in [1.54, 1.807) is 7.11 Å². The van der Waals surface area contributed by atoms with Crippen molar-refractivity contribution < 1.29 is 9.53 Å². The van der Waals surface area contributed by atoms with Crippen molar-refractivity contribution in [3.8, 4) is 0 Å². The SMILES string of the molecule is COCCCNC(=O)CNCc1cccc(C)n1. The van der Waals surface area contributed by atoms with Gasteiger partial charge in [0.25, 0.3) is 0 Å². The molecule has 0 unspecified atom stereocenters. The highest BCUT2D eigenvalue weighted by Crippen LogP contribution is 1.96. The molecule has 0 aliphatic carbocycles. The first-order valence-corrected chi connectivity index (χ1v) is 6.11. The molecule has 2 N–H and O–H groups in total. The van der Waals surface area contributed by atoms with E-state index in [4.69, 9.17) is 4.74 Å². The maximum Gasteiger partial charge on any atom is 0.233 e. The van der Waals surface area contributed by atoms with Crippen molar-refractivity contribution in [2.24, 2.45) is 0 Å². The minimum Gasteiger partial charge on any atom is -0.385 e. The van der Waals surface area contributed by atoms with Crippen molar-refractivity contribution in [3.63, 3.8) is 0 Å². The predicted molar refractivity (Wildman–Crippen MR) is 70.2 cm³/mol. The quantitative estimate of drug-likeness (QED) is 0.665. The summed E-state index contributed by atoms with van der Waals surface area (Å²) in [5.41, 5.74) is 1.93. The predicted octanol–water partition coefficient (Wildman–Crippen LogP) is 0.632. The van der Waals surface area contributed by atoms with Crippen LogP contribution in [0.15, 0.2) is 18.2 Å². The van der Waals surface area contributed by atoms with Crippen LogP contribution in [-0.2, 0) is 16.1 Å². The first kappa shape index (κ1) is 14.6. The highest BCUT2D eigenvalue weighted by Gasteiger charge is 2.00. The fraction of sp³-hybridized carbons (Fsp3) is 0.538. The Morgan fingerprint density at radius 3 is 3.00 bits per heavy atom. The van der Waals surface area contributed by atoms with Crippen molar-refractivity contribution >= 4 is 5.91 Å². The monoisotopic (exact) mass is 251 g/mol. The number of ether oxygens (including phenoxy) is 1. The van der Waals surface area contributed by atoms with E-state index in [0.29, 0.717) is 26.2 Å². The Morgan fingerprint density at radius 1 is 1.44 bits per heavy atom. The zero-order chi connectivity index (χ0) is 13.2. The number of hydrogen-bond donors (Lipinski definition) is 2. The summed E-state index contributed by atoms with van der Waals surface area (Å²) in [5, 5.41) is 5.88. The maximum absolute atomic E-state index is 11.4. The van der Waals surface area contributed by atoms with Gasteiger partial charge in [0.2, 0.25) is 5.91 Å². The molecule has 5 heteroatoms. The first-order valence-electron chi connectivity index (χ1n) is 6.11. The minimum absolute atomic E-state index is 0.00115. The zero-order valence-electron chi connectivity index (χ0n) is 11.0. The molecule has 1 heterocycles. The lowest BCUT2D eigenvalue weighted by Gasteiger charge is -2.06. The van der Waals surface area contributed by atoms with Crippen molar-refractivity contribution in [1.82, 2.24) is 15.6 Å². The van der Waals surface area contributed by atoms with E-state index in [-0.39, 0.29) is 5.91 Å². The second-order valence-corrected chi connectivity index (χ2v) is 4.07. The van der Waals surface area contributed by atoms with E-state index in [0.717, 1.165) is 17.8 Å². The first-order chi connectivity index (χ1) is 8.72. The smallest absolute Gasteiger partial charge is 0.233 e. The molecule has 100 valence electrons. The number of nitrogens with one attached hydrogen (secondary N) is 2. The Balaban J connectivity index is 2.12. The van der Waals surface area contributed by atoms with Crippen LogP contribution in [-0.4, -0.2) is 37.7 Å². The fourth-order valence-electron chi connectivity index (χ4n) is 1.51. The second kappa shape index (κ2) is 8.60. The Bertz CT molecular complexity index is 369. The van der Waals surface area contributed by atoms with E-state index < -0.39 is 0 Å². The van der Waals surface area contributed by atoms with Crippen molar-refractivity contribution in [2.45, 2.75) is 19.9 Å². The van der Waals surface area contributed by atoms with Crippen LogP contribution in [0, 0.1) is 6.92 Å². The number of aryl methyl sites for hydroxylation is 1. The fourth-order valence-corrected chi connectivity index (χ4v) is 1.51. The van der Waals surface area contributed by atoms with Gasteiger partial charge in [-0.2, -0.15) is 0 Å². The van der Waals surface area contributed by atoms with Crippen LogP contribution in [0.1, 0.15) is 17.8 Å². The molecule has 0 saturated heterocycles. The molecule has 0 aromatic carbocycles. The van der Waals surface area contributed by atoms with Gasteiger partial charge in [0.1, 0.15) is 0 Å². The molecule has 0 fully saturated rings. The van der Waals surface area contributed by atoms with Gasteiger partial charge in [0.05, 0.1) is 12.2 Å². The summed E-state index contributed by atoms with van der Waals surface area (Å²) >= 11 is 0. The molecule has 1 rings (SSSR count). The summed E-state index contributed by atoms with van der Waals surface area (Å²) in [7, 11) is 1.65. The number of carbonyl (C=O) groups is 1. The van der Waals surface area contributed by atoms with Gasteiger partial charge in [-0.1, -0.05) is 6.07 Å². The van der Waals surface area contributed by atoms with Crippen LogP contribution in [0.25, 0.3) is 0 Å². The lowest BCUT2D eigenvalue weighted by molar-refractivity contribution is -0.120. The van der Waals surface area contributed by atoms with E-state index in [2.05, 4.69) is 15.6 Å². The van der Waals surface area contributed by atoms with Crippen LogP contribution in [0.3, 0.4) is 0 Å². The van der Waals surface area contributed by atoms with Gasteiger partial charge in [0, 0.05) is 32.5 Å². The summed E-state index contributed by atoms with van der Waals surface area (Å²) in [4.78, 5) is 15.8. The Kier molecular flexibility index (Phi) is 6.98. The highest BCUT2D eigenvalue weighted by molar-refractivity contribution is 5.77. The van der Waals surface area contributed by atoms with Gasteiger partial charge in [-0.15, -0.1) is 0 Å². The third-order valence-corrected chi connectivity index (χ3v) is 2.39. The highest BCUT2D eigenvalue weighted by atomic mass is 16.5. The molecule has 0 bridgehead atoms. The lowest BCUT2D eigenvalue weighted by Crippen LogP contribution is -2.34. The average Bonchev–Trinajstić information content (AvgIpc) is 2.35. The van der Waals surface area contributed by atoms with Crippen LogP contribution >= 0.6 is 0 Å². The van der Waals surface area contributed by atoms with E-state index in [9.17, 15) is 4.79 Å². The van der Waals surface area contributed by atoms with E-state index in [1.807, 2.05) is 25.1 Å². The van der Waals surface area contributed by atoms with Gasteiger partial charge in [-0.25, -0.2) is 0 Å². The summed E-state index contributed by atoms with van der Waals surface area (Å²) in [6, 6.07) is 5.85. The van der Waals surface area contributed by atoms with Crippen LogP contribution in [0.5, 0.6) is 0 Å². The van der Waals surface area contributed by atoms with Gasteiger partial charge in [-0.05, 0) is 25.5 Å². The Hall–Kier alpha value is -1.46. The number of amides is 1. The molecule has 5 nitrogen and oxygen atoms in total. The summed E-state index contributed by atoms with van der Waals surface area (Å²) < 4.78 is 4.90. The summed E-state index contributed by atoms with van der Waals surface area (Å²) in [6.45, 7) is 4.18. The molecule has 0 aliphatic heterocycles. The molecule has 0 radical (unpaired) electrons. The van der Waals surface area contributed by atoms with Gasteiger partial charge < -0.3 is 15.4 Å². The third-order valence-electron chi connectivity index (χ3n) is 2.39. The average molecular weight is 251 g/mol. The molecule has 1 aromatic heterocycles. The lowest BCUT2D eigenvalue weighted by atomic mass is 10.3. The maximum atomic E-state index is 11.4. The van der Waals surface area contributed by atoms with Crippen molar-refractivity contribution in [3.05, 3.63) is 29.6 Å². The Morgan fingerprint density at radius 2 is 2.28 bits per heavy atom. The van der Waals surface area contributed by atoms with Crippen LogP contribution < -0.4 is 10.6 Å². The van der Waals surface area contributed by atoms with Crippen molar-refractivity contribution in [1.29, 1.82) is 0 Å². The molecular formula is C13H21N3O2. The molecular weight excluding hydrogens is 230 g/mol. The number of carbonyl (C=O) groups excluding carboxylic acids is 1. The number of nitrogens with zero attached hydrogens (tertiary/aromatic N) is 1. The van der Waals surface area contributed by atoms with E-state index >= 15 is 0 Å².